The molecule has 2 aromatic carbocycles. The maximum Gasteiger partial charge on any atom is 0.209 e. The second-order valence-electron chi connectivity index (χ2n) is 6.99. The van der Waals surface area contributed by atoms with Crippen LogP contribution in [0, 0.1) is 18.2 Å². The molecule has 1 saturated heterocycles. The van der Waals surface area contributed by atoms with E-state index in [1.165, 1.54) is 5.56 Å². The number of hydrogen-bond acceptors (Lipinski definition) is 3. The highest BCUT2D eigenvalue weighted by molar-refractivity contribution is 5.78. The molecule has 1 aromatic heterocycles. The molecular formula is C23H27N3O2. The molecule has 146 valence electrons. The molecular weight excluding hydrogens is 350 g/mol. The maximum atomic E-state index is 10.6. The average molecular weight is 377 g/mol. The molecule has 3 N–H and O–H groups in total. The van der Waals surface area contributed by atoms with Gasteiger partial charge in [-0.2, -0.15) is 0 Å². The minimum Gasteiger partial charge on any atom is -0.492 e. The van der Waals surface area contributed by atoms with Gasteiger partial charge in [-0.15, -0.1) is 0 Å². The summed E-state index contributed by atoms with van der Waals surface area (Å²) in [6.45, 7) is 2.93. The number of H-pyrrole nitrogens is 1. The van der Waals surface area contributed by atoms with E-state index >= 15 is 0 Å². The summed E-state index contributed by atoms with van der Waals surface area (Å²) in [6.07, 6.45) is 7.21. The molecule has 2 heterocycles. The zero-order chi connectivity index (χ0) is 19.6. The Morgan fingerprint density at radius 2 is 1.96 bits per heavy atom. The van der Waals surface area contributed by atoms with Crippen molar-refractivity contribution in [1.82, 2.24) is 9.88 Å². The van der Waals surface area contributed by atoms with Gasteiger partial charge >= 0.3 is 0 Å². The van der Waals surface area contributed by atoms with Crippen LogP contribution in [0.3, 0.4) is 0 Å². The van der Waals surface area contributed by atoms with E-state index in [-0.39, 0.29) is 0 Å². The molecule has 0 spiro atoms. The van der Waals surface area contributed by atoms with Gasteiger partial charge in [-0.25, -0.2) is 0 Å². The number of nitrogens with zero attached hydrogens (tertiary/aromatic N) is 1. The molecule has 1 fully saturated rings. The van der Waals surface area contributed by atoms with Crippen LogP contribution in [0.25, 0.3) is 10.9 Å². The van der Waals surface area contributed by atoms with E-state index in [0.29, 0.717) is 13.2 Å². The Labute approximate surface area is 166 Å². The monoisotopic (exact) mass is 377 g/mol. The molecule has 0 bridgehead atoms. The molecule has 0 unspecified atom stereocenters. The lowest BCUT2D eigenvalue weighted by Gasteiger charge is -2.29. The van der Waals surface area contributed by atoms with Gasteiger partial charge in [0.05, 0.1) is 10.9 Å². The Bertz CT molecular complexity index is 839. The van der Waals surface area contributed by atoms with Crippen molar-refractivity contribution in [2.75, 3.05) is 26.2 Å². The van der Waals surface area contributed by atoms with Crippen molar-refractivity contribution in [2.45, 2.75) is 19.3 Å². The molecule has 0 atom stereocenters. The number of nitrogens with two attached hydrogens (primary N) is 1. The van der Waals surface area contributed by atoms with E-state index in [9.17, 15) is 4.79 Å². The van der Waals surface area contributed by atoms with E-state index in [0.717, 1.165) is 61.3 Å². The summed E-state index contributed by atoms with van der Waals surface area (Å²) in [5.74, 6) is 1.57. The number of piperidine rings is 1. The lowest BCUT2D eigenvalue weighted by molar-refractivity contribution is -0.119. The summed E-state index contributed by atoms with van der Waals surface area (Å²) in [4.78, 5) is 15.4. The highest BCUT2D eigenvalue weighted by atomic mass is 16.5. The summed E-state index contributed by atoms with van der Waals surface area (Å²) in [5, 5.41) is 1.01. The van der Waals surface area contributed by atoms with Crippen LogP contribution in [0.2, 0.25) is 0 Å². The number of rotatable bonds is 6. The molecule has 1 aliphatic rings. The summed E-state index contributed by atoms with van der Waals surface area (Å²) in [5.41, 5.74) is 7.72. The van der Waals surface area contributed by atoms with Crippen molar-refractivity contribution >= 4 is 17.3 Å². The van der Waals surface area contributed by atoms with Crippen LogP contribution in [0.4, 0.5) is 0 Å². The van der Waals surface area contributed by atoms with Gasteiger partial charge in [-0.1, -0.05) is 30.3 Å². The fourth-order valence-corrected chi connectivity index (χ4v) is 3.38. The molecule has 1 amide bonds. The quantitative estimate of drug-likeness (QED) is 0.648. The fraction of sp³-hybridized carbons (Fsp3) is 0.348. The van der Waals surface area contributed by atoms with Gasteiger partial charge in [0.15, 0.2) is 0 Å². The number of carbonyl (C=O) groups is 1. The summed E-state index contributed by atoms with van der Waals surface area (Å²) >= 11 is 0. The van der Waals surface area contributed by atoms with Crippen molar-refractivity contribution in [3.05, 3.63) is 66.4 Å². The molecule has 5 nitrogen and oxygen atoms in total. The van der Waals surface area contributed by atoms with Crippen LogP contribution in [-0.4, -0.2) is 42.5 Å². The van der Waals surface area contributed by atoms with E-state index < -0.39 is 0 Å². The van der Waals surface area contributed by atoms with Crippen LogP contribution in [0.5, 0.6) is 5.75 Å². The summed E-state index contributed by atoms with van der Waals surface area (Å²) < 4.78 is 5.36. The fourth-order valence-electron chi connectivity index (χ4n) is 3.38. The SMILES string of the molecule is NCCOc1ccc2c#c[nH]c2c1.O=CN1CCC(Cc2ccccc2)CC1. The number of nitrogens with one attached hydrogen (secondary N) is 1. The number of hydrogen-bond donors (Lipinski definition) is 2. The smallest absolute Gasteiger partial charge is 0.209 e. The predicted molar refractivity (Wildman–Crippen MR) is 111 cm³/mol. The number of carbonyl (C=O) groups excluding carboxylic acids is 1. The van der Waals surface area contributed by atoms with E-state index in [1.807, 2.05) is 23.1 Å². The molecule has 0 radical (unpaired) electrons. The van der Waals surface area contributed by atoms with Gasteiger partial charge in [0.2, 0.25) is 6.41 Å². The standard InChI is InChI=1S/C13H17NO.C10H10N2O/c15-11-14-8-6-13(7-9-14)10-12-4-2-1-3-5-12;11-4-6-13-9-2-1-8-3-5-12-10(8)7-9/h1-5,11,13H,6-10H2;1-2,7,12H,4,6,11H2. The molecule has 28 heavy (non-hydrogen) atoms. The Balaban J connectivity index is 0.000000162. The van der Waals surface area contributed by atoms with Crippen molar-refractivity contribution in [3.63, 3.8) is 0 Å². The first kappa shape index (κ1) is 19.8. The second-order valence-corrected chi connectivity index (χ2v) is 6.99. The highest BCUT2D eigenvalue weighted by Gasteiger charge is 2.17. The molecule has 5 heteroatoms. The summed E-state index contributed by atoms with van der Waals surface area (Å²) in [7, 11) is 0. The van der Waals surface area contributed by atoms with Crippen LogP contribution in [-0.2, 0) is 11.2 Å². The number of aromatic amines is 1. The average Bonchev–Trinajstić information content (AvgIpc) is 3.22. The predicted octanol–water partition coefficient (Wildman–Crippen LogP) is 3.20. The minimum atomic E-state index is 0.529. The molecule has 3 aromatic rings. The van der Waals surface area contributed by atoms with Gasteiger partial charge in [-0.3, -0.25) is 4.79 Å². The van der Waals surface area contributed by atoms with Gasteiger partial charge in [0.25, 0.3) is 0 Å². The first-order chi connectivity index (χ1) is 13.8. The number of fused-ring (bicyclic) bond motifs is 1. The second kappa shape index (κ2) is 10.4. The molecule has 0 aliphatic carbocycles. The topological polar surface area (TPSA) is 71.3 Å². The lowest BCUT2D eigenvalue weighted by Crippen LogP contribution is -2.33. The number of benzene rings is 2. The van der Waals surface area contributed by atoms with Gasteiger partial charge in [-0.05, 0) is 48.9 Å². The van der Waals surface area contributed by atoms with Crippen LogP contribution < -0.4 is 10.5 Å². The third-order valence-corrected chi connectivity index (χ3v) is 4.94. The lowest BCUT2D eigenvalue weighted by atomic mass is 9.90. The van der Waals surface area contributed by atoms with Gasteiger partial charge in [0.1, 0.15) is 12.4 Å². The number of ether oxygens (including phenoxy) is 1. The van der Waals surface area contributed by atoms with Crippen molar-refractivity contribution in [1.29, 1.82) is 0 Å². The highest BCUT2D eigenvalue weighted by Crippen LogP contribution is 2.20. The minimum absolute atomic E-state index is 0.529. The largest absolute Gasteiger partial charge is 0.492 e. The molecule has 4 rings (SSSR count). The Morgan fingerprint density at radius 1 is 1.18 bits per heavy atom. The first-order valence-corrected chi connectivity index (χ1v) is 9.75. The zero-order valence-corrected chi connectivity index (χ0v) is 16.1. The van der Waals surface area contributed by atoms with E-state index in [2.05, 4.69) is 47.6 Å². The third kappa shape index (κ3) is 5.77. The van der Waals surface area contributed by atoms with Crippen molar-refractivity contribution in [3.8, 4) is 5.75 Å². The Kier molecular flexibility index (Phi) is 7.34. The van der Waals surface area contributed by atoms with Crippen molar-refractivity contribution < 1.29 is 9.53 Å². The van der Waals surface area contributed by atoms with Crippen LogP contribution >= 0.6 is 0 Å². The number of amides is 1. The Morgan fingerprint density at radius 3 is 2.68 bits per heavy atom. The van der Waals surface area contributed by atoms with E-state index in [1.54, 1.807) is 0 Å². The summed E-state index contributed by atoms with van der Waals surface area (Å²) in [6, 6.07) is 19.3. The van der Waals surface area contributed by atoms with Crippen LogP contribution in [0.15, 0.2) is 48.5 Å². The number of likely N-dealkylation sites (tertiary alicyclic amines) is 1. The third-order valence-electron chi connectivity index (χ3n) is 4.94. The van der Waals surface area contributed by atoms with E-state index in [4.69, 9.17) is 10.5 Å². The van der Waals surface area contributed by atoms with Gasteiger partial charge in [0, 0.05) is 31.9 Å². The van der Waals surface area contributed by atoms with Crippen molar-refractivity contribution in [2.24, 2.45) is 11.7 Å². The number of aromatic nitrogens is 1. The normalized spacial score (nSPS) is 14.1. The molecule has 1 aliphatic heterocycles. The zero-order valence-electron chi connectivity index (χ0n) is 16.1. The maximum absolute atomic E-state index is 10.6. The first-order valence-electron chi connectivity index (χ1n) is 9.75. The Hall–Kier alpha value is -2.97. The molecule has 0 saturated carbocycles. The van der Waals surface area contributed by atoms with Gasteiger partial charge < -0.3 is 20.4 Å². The van der Waals surface area contributed by atoms with Crippen LogP contribution in [0.1, 0.15) is 18.4 Å².